The number of rotatable bonds is 10. The fourth-order valence-corrected chi connectivity index (χ4v) is 3.07. The molecule has 1 aliphatic heterocycles. The molecular formula is C21H34N2O5. The number of benzene rings is 1. The Morgan fingerprint density at radius 1 is 1.11 bits per heavy atom. The van der Waals surface area contributed by atoms with E-state index < -0.39 is 6.10 Å². The first-order valence-electron chi connectivity index (χ1n) is 10.1. The lowest BCUT2D eigenvalue weighted by atomic mass is 10.0. The van der Waals surface area contributed by atoms with Gasteiger partial charge in [-0.25, -0.2) is 4.79 Å². The van der Waals surface area contributed by atoms with Gasteiger partial charge < -0.3 is 24.2 Å². The standard InChI is InChI=1S/C21H34N2O5/c1-4-27-21(25)23-11-9-22(10-12-23)15-19(24)16-26-13-14-28-20-7-5-18(6-8-20)17(2)3/h5-8,17,19,24H,4,9-16H2,1-3H3/t19-/m0/s1. The predicted molar refractivity (Wildman–Crippen MR) is 108 cm³/mol. The van der Waals surface area contributed by atoms with Crippen LogP contribution in [0.5, 0.6) is 5.75 Å². The summed E-state index contributed by atoms with van der Waals surface area (Å²) in [6.07, 6.45) is -0.815. The van der Waals surface area contributed by atoms with Crippen molar-refractivity contribution in [2.24, 2.45) is 0 Å². The minimum absolute atomic E-state index is 0.259. The second kappa shape index (κ2) is 11.9. The zero-order valence-corrected chi connectivity index (χ0v) is 17.3. The van der Waals surface area contributed by atoms with Crippen molar-refractivity contribution in [2.75, 3.05) is 59.2 Å². The van der Waals surface area contributed by atoms with Gasteiger partial charge in [0.1, 0.15) is 12.4 Å². The third-order valence-electron chi connectivity index (χ3n) is 4.72. The molecule has 0 spiro atoms. The molecule has 1 aromatic carbocycles. The number of β-amino-alcohol motifs (C(OH)–C–C–N with tert-alkyl or cyclic N) is 1. The molecule has 0 saturated carbocycles. The third-order valence-corrected chi connectivity index (χ3v) is 4.72. The van der Waals surface area contributed by atoms with Crippen LogP contribution in [0, 0.1) is 0 Å². The maximum absolute atomic E-state index is 11.7. The van der Waals surface area contributed by atoms with E-state index in [1.165, 1.54) is 5.56 Å². The van der Waals surface area contributed by atoms with Gasteiger partial charge in [-0.2, -0.15) is 0 Å². The van der Waals surface area contributed by atoms with Crippen molar-refractivity contribution in [3.63, 3.8) is 0 Å². The van der Waals surface area contributed by atoms with E-state index in [-0.39, 0.29) is 12.7 Å². The SMILES string of the molecule is CCOC(=O)N1CCN(C[C@H](O)COCCOc2ccc(C(C)C)cc2)CC1. The minimum atomic E-state index is -0.556. The zero-order valence-electron chi connectivity index (χ0n) is 17.3. The van der Waals surface area contributed by atoms with Gasteiger partial charge in [0, 0.05) is 32.7 Å². The number of hydrogen-bond acceptors (Lipinski definition) is 6. The average Bonchev–Trinajstić information content (AvgIpc) is 2.69. The van der Waals surface area contributed by atoms with Crippen LogP contribution in [0.15, 0.2) is 24.3 Å². The summed E-state index contributed by atoms with van der Waals surface area (Å²) in [5.41, 5.74) is 1.29. The van der Waals surface area contributed by atoms with Crippen molar-refractivity contribution >= 4 is 6.09 Å². The summed E-state index contributed by atoms with van der Waals surface area (Å²) in [4.78, 5) is 15.5. The van der Waals surface area contributed by atoms with Crippen LogP contribution in [0.1, 0.15) is 32.3 Å². The number of hydrogen-bond donors (Lipinski definition) is 1. The smallest absolute Gasteiger partial charge is 0.409 e. The Balaban J connectivity index is 1.54. The summed E-state index contributed by atoms with van der Waals surface area (Å²) in [5, 5.41) is 10.1. The van der Waals surface area contributed by atoms with Gasteiger partial charge in [0.05, 0.1) is 25.9 Å². The van der Waals surface area contributed by atoms with Gasteiger partial charge >= 0.3 is 6.09 Å². The Hall–Kier alpha value is -1.83. The highest BCUT2D eigenvalue weighted by atomic mass is 16.6. The van der Waals surface area contributed by atoms with Crippen molar-refractivity contribution in [1.29, 1.82) is 0 Å². The van der Waals surface area contributed by atoms with E-state index >= 15 is 0 Å². The van der Waals surface area contributed by atoms with E-state index in [0.29, 0.717) is 45.4 Å². The number of carbonyl (C=O) groups excluding carboxylic acids is 1. The van der Waals surface area contributed by atoms with E-state index in [9.17, 15) is 9.90 Å². The van der Waals surface area contributed by atoms with Crippen molar-refractivity contribution < 1.29 is 24.1 Å². The highest BCUT2D eigenvalue weighted by Gasteiger charge is 2.23. The van der Waals surface area contributed by atoms with E-state index in [0.717, 1.165) is 18.8 Å². The van der Waals surface area contributed by atoms with Crippen LogP contribution in [-0.2, 0) is 9.47 Å². The number of amides is 1. The van der Waals surface area contributed by atoms with Gasteiger partial charge in [-0.15, -0.1) is 0 Å². The van der Waals surface area contributed by atoms with E-state index in [2.05, 4.69) is 30.9 Å². The number of ether oxygens (including phenoxy) is 3. The molecule has 0 aliphatic carbocycles. The quantitative estimate of drug-likeness (QED) is 0.614. The Morgan fingerprint density at radius 2 is 1.79 bits per heavy atom. The van der Waals surface area contributed by atoms with Crippen LogP contribution in [0.25, 0.3) is 0 Å². The lowest BCUT2D eigenvalue weighted by Gasteiger charge is -2.34. The minimum Gasteiger partial charge on any atom is -0.491 e. The Morgan fingerprint density at radius 3 is 2.39 bits per heavy atom. The number of nitrogens with zero attached hydrogens (tertiary/aromatic N) is 2. The molecule has 1 atom stereocenters. The van der Waals surface area contributed by atoms with Crippen molar-refractivity contribution in [1.82, 2.24) is 9.80 Å². The maximum atomic E-state index is 11.7. The topological polar surface area (TPSA) is 71.5 Å². The highest BCUT2D eigenvalue weighted by Crippen LogP contribution is 2.18. The molecule has 1 heterocycles. The van der Waals surface area contributed by atoms with Crippen molar-refractivity contribution in [3.05, 3.63) is 29.8 Å². The molecule has 1 aromatic rings. The molecule has 1 amide bonds. The van der Waals surface area contributed by atoms with E-state index in [1.807, 2.05) is 12.1 Å². The zero-order chi connectivity index (χ0) is 20.4. The van der Waals surface area contributed by atoms with Crippen molar-refractivity contribution in [2.45, 2.75) is 32.8 Å². The maximum Gasteiger partial charge on any atom is 0.409 e. The van der Waals surface area contributed by atoms with Gasteiger partial charge in [-0.1, -0.05) is 26.0 Å². The summed E-state index contributed by atoms with van der Waals surface area (Å²) in [6, 6.07) is 8.10. The summed E-state index contributed by atoms with van der Waals surface area (Å²) < 4.78 is 16.2. The molecule has 0 bridgehead atoms. The predicted octanol–water partition coefficient (Wildman–Crippen LogP) is 2.34. The molecule has 1 N–H and O–H groups in total. The Labute approximate surface area is 168 Å². The second-order valence-electron chi connectivity index (χ2n) is 7.29. The monoisotopic (exact) mass is 394 g/mol. The molecule has 0 unspecified atom stereocenters. The first-order chi connectivity index (χ1) is 13.5. The lowest BCUT2D eigenvalue weighted by Crippen LogP contribution is -2.51. The third kappa shape index (κ3) is 7.66. The Bertz CT molecular complexity index is 571. The fraction of sp³-hybridized carbons (Fsp3) is 0.667. The highest BCUT2D eigenvalue weighted by molar-refractivity contribution is 5.67. The molecule has 1 aliphatic rings. The Kier molecular flexibility index (Phi) is 9.54. The molecule has 7 heteroatoms. The fourth-order valence-electron chi connectivity index (χ4n) is 3.07. The van der Waals surface area contributed by atoms with Crippen LogP contribution in [0.2, 0.25) is 0 Å². The second-order valence-corrected chi connectivity index (χ2v) is 7.29. The molecule has 0 aromatic heterocycles. The molecule has 158 valence electrons. The first kappa shape index (κ1) is 22.5. The van der Waals surface area contributed by atoms with Crippen LogP contribution in [-0.4, -0.2) is 86.3 Å². The molecule has 28 heavy (non-hydrogen) atoms. The van der Waals surface area contributed by atoms with Gasteiger partial charge in [0.15, 0.2) is 0 Å². The summed E-state index contributed by atoms with van der Waals surface area (Å²) in [5.74, 6) is 1.33. The average molecular weight is 395 g/mol. The number of piperazine rings is 1. The van der Waals surface area contributed by atoms with Gasteiger partial charge in [-0.05, 0) is 30.5 Å². The molecule has 1 saturated heterocycles. The molecule has 2 rings (SSSR count). The lowest BCUT2D eigenvalue weighted by molar-refractivity contribution is -0.0000940. The number of aliphatic hydroxyl groups excluding tert-OH is 1. The van der Waals surface area contributed by atoms with Gasteiger partial charge in [0.25, 0.3) is 0 Å². The summed E-state index contributed by atoms with van der Waals surface area (Å²) in [6.45, 7) is 10.9. The first-order valence-corrected chi connectivity index (χ1v) is 10.1. The van der Waals surface area contributed by atoms with Crippen LogP contribution in [0.3, 0.4) is 0 Å². The van der Waals surface area contributed by atoms with Crippen LogP contribution in [0.4, 0.5) is 4.79 Å². The number of aliphatic hydroxyl groups is 1. The molecule has 1 fully saturated rings. The van der Waals surface area contributed by atoms with Crippen LogP contribution < -0.4 is 4.74 Å². The normalized spacial score (nSPS) is 16.2. The van der Waals surface area contributed by atoms with E-state index in [1.54, 1.807) is 11.8 Å². The molecular weight excluding hydrogens is 360 g/mol. The van der Waals surface area contributed by atoms with E-state index in [4.69, 9.17) is 14.2 Å². The van der Waals surface area contributed by atoms with Gasteiger partial charge in [-0.3, -0.25) is 4.90 Å². The summed E-state index contributed by atoms with van der Waals surface area (Å²) in [7, 11) is 0. The van der Waals surface area contributed by atoms with Crippen LogP contribution >= 0.6 is 0 Å². The summed E-state index contributed by atoms with van der Waals surface area (Å²) >= 11 is 0. The van der Waals surface area contributed by atoms with Crippen molar-refractivity contribution in [3.8, 4) is 5.75 Å². The molecule has 7 nitrogen and oxygen atoms in total. The molecule has 0 radical (unpaired) electrons. The number of carbonyl (C=O) groups is 1. The van der Waals surface area contributed by atoms with Gasteiger partial charge in [0.2, 0.25) is 0 Å². The largest absolute Gasteiger partial charge is 0.491 e.